The van der Waals surface area contributed by atoms with Crippen LogP contribution in [0.4, 0.5) is 0 Å². The largest absolute Gasteiger partial charge is 0.392 e. The summed E-state index contributed by atoms with van der Waals surface area (Å²) in [4.78, 5) is 4.38. The predicted octanol–water partition coefficient (Wildman–Crippen LogP) is 1.92. The van der Waals surface area contributed by atoms with Crippen molar-refractivity contribution < 1.29 is 5.11 Å². The normalized spacial score (nSPS) is 11.2. The maximum atomic E-state index is 9.00. The third kappa shape index (κ3) is 4.19. The average molecular weight is 259 g/mol. The summed E-state index contributed by atoms with van der Waals surface area (Å²) in [6.07, 6.45) is 3.92. The van der Waals surface area contributed by atoms with Crippen molar-refractivity contribution in [3.05, 3.63) is 53.6 Å². The van der Waals surface area contributed by atoms with Crippen molar-refractivity contribution in [3.63, 3.8) is 0 Å². The first-order valence-corrected chi connectivity index (χ1v) is 6.60. The SMILES string of the molecule is CC(C)NCc1cn(Cc2ccc(CO)cc2)cn1. The zero-order valence-corrected chi connectivity index (χ0v) is 11.5. The van der Waals surface area contributed by atoms with Crippen molar-refractivity contribution in [2.45, 2.75) is 39.6 Å². The van der Waals surface area contributed by atoms with E-state index in [2.05, 4.69) is 34.9 Å². The molecule has 1 aromatic carbocycles. The summed E-state index contributed by atoms with van der Waals surface area (Å²) in [6.45, 7) is 5.95. The molecule has 4 nitrogen and oxygen atoms in total. The summed E-state index contributed by atoms with van der Waals surface area (Å²) in [7, 11) is 0. The van der Waals surface area contributed by atoms with E-state index in [0.717, 1.165) is 24.3 Å². The molecule has 0 unspecified atom stereocenters. The molecule has 0 aliphatic heterocycles. The highest BCUT2D eigenvalue weighted by molar-refractivity contribution is 5.22. The van der Waals surface area contributed by atoms with Crippen LogP contribution in [0.3, 0.4) is 0 Å². The lowest BCUT2D eigenvalue weighted by Gasteiger charge is -2.05. The van der Waals surface area contributed by atoms with E-state index in [1.165, 1.54) is 5.56 Å². The minimum Gasteiger partial charge on any atom is -0.392 e. The average Bonchev–Trinajstić information content (AvgIpc) is 2.85. The topological polar surface area (TPSA) is 50.1 Å². The van der Waals surface area contributed by atoms with Crippen LogP contribution in [0, 0.1) is 0 Å². The summed E-state index contributed by atoms with van der Waals surface area (Å²) in [5.41, 5.74) is 3.20. The molecule has 0 bridgehead atoms. The molecule has 2 rings (SSSR count). The molecule has 0 aliphatic carbocycles. The Balaban J connectivity index is 1.95. The number of aliphatic hydroxyl groups excluding tert-OH is 1. The number of rotatable bonds is 6. The van der Waals surface area contributed by atoms with Gasteiger partial charge in [0.25, 0.3) is 0 Å². The third-order valence-corrected chi connectivity index (χ3v) is 2.95. The number of hydrogen-bond donors (Lipinski definition) is 2. The highest BCUT2D eigenvalue weighted by Crippen LogP contribution is 2.07. The monoisotopic (exact) mass is 259 g/mol. The Morgan fingerprint density at radius 2 is 1.89 bits per heavy atom. The van der Waals surface area contributed by atoms with Crippen LogP contribution >= 0.6 is 0 Å². The first-order valence-electron chi connectivity index (χ1n) is 6.60. The molecule has 2 N–H and O–H groups in total. The van der Waals surface area contributed by atoms with Gasteiger partial charge >= 0.3 is 0 Å². The van der Waals surface area contributed by atoms with Crippen molar-refractivity contribution in [2.75, 3.05) is 0 Å². The maximum Gasteiger partial charge on any atom is 0.0953 e. The second kappa shape index (κ2) is 6.50. The molecule has 0 amide bonds. The quantitative estimate of drug-likeness (QED) is 0.833. The van der Waals surface area contributed by atoms with Crippen molar-refractivity contribution >= 4 is 0 Å². The molecule has 102 valence electrons. The number of imidazole rings is 1. The summed E-state index contributed by atoms with van der Waals surface area (Å²) in [6, 6.07) is 8.45. The number of nitrogens with one attached hydrogen (secondary N) is 1. The van der Waals surface area contributed by atoms with E-state index in [0.29, 0.717) is 6.04 Å². The van der Waals surface area contributed by atoms with Gasteiger partial charge in [-0.3, -0.25) is 0 Å². The lowest BCUT2D eigenvalue weighted by Crippen LogP contribution is -2.21. The molecular formula is C15H21N3O. The molecule has 0 saturated heterocycles. The van der Waals surface area contributed by atoms with Crippen molar-refractivity contribution in [1.29, 1.82) is 0 Å². The Hall–Kier alpha value is -1.65. The Labute approximate surface area is 114 Å². The summed E-state index contributed by atoms with van der Waals surface area (Å²) >= 11 is 0. The van der Waals surface area contributed by atoms with Crippen molar-refractivity contribution in [1.82, 2.24) is 14.9 Å². The van der Waals surface area contributed by atoms with E-state index < -0.39 is 0 Å². The number of aliphatic hydroxyl groups is 1. The van der Waals surface area contributed by atoms with Crippen LogP contribution < -0.4 is 5.32 Å². The van der Waals surface area contributed by atoms with Gasteiger partial charge in [-0.15, -0.1) is 0 Å². The molecule has 0 spiro atoms. The van der Waals surface area contributed by atoms with Crippen LogP contribution in [0.2, 0.25) is 0 Å². The van der Waals surface area contributed by atoms with Gasteiger partial charge in [0.2, 0.25) is 0 Å². The van der Waals surface area contributed by atoms with Gasteiger partial charge in [0.15, 0.2) is 0 Å². The van der Waals surface area contributed by atoms with E-state index in [-0.39, 0.29) is 6.61 Å². The Morgan fingerprint density at radius 1 is 1.21 bits per heavy atom. The highest BCUT2D eigenvalue weighted by atomic mass is 16.3. The lowest BCUT2D eigenvalue weighted by molar-refractivity contribution is 0.282. The number of hydrogen-bond acceptors (Lipinski definition) is 3. The summed E-state index contributed by atoms with van der Waals surface area (Å²) < 4.78 is 2.07. The molecule has 0 fully saturated rings. The summed E-state index contributed by atoms with van der Waals surface area (Å²) in [5, 5.41) is 12.4. The zero-order chi connectivity index (χ0) is 13.7. The molecule has 1 aromatic heterocycles. The van der Waals surface area contributed by atoms with Crippen molar-refractivity contribution in [2.24, 2.45) is 0 Å². The fourth-order valence-electron chi connectivity index (χ4n) is 1.85. The molecule has 0 atom stereocenters. The molecule has 2 aromatic rings. The molecular weight excluding hydrogens is 238 g/mol. The van der Waals surface area contributed by atoms with Gasteiger partial charge in [-0.2, -0.15) is 0 Å². The van der Waals surface area contributed by atoms with Crippen LogP contribution in [0.1, 0.15) is 30.7 Å². The molecule has 1 heterocycles. The fraction of sp³-hybridized carbons (Fsp3) is 0.400. The van der Waals surface area contributed by atoms with Gasteiger partial charge in [-0.1, -0.05) is 38.1 Å². The number of benzene rings is 1. The molecule has 19 heavy (non-hydrogen) atoms. The molecule has 4 heteroatoms. The Morgan fingerprint density at radius 3 is 2.53 bits per heavy atom. The Kier molecular flexibility index (Phi) is 4.71. The van der Waals surface area contributed by atoms with Gasteiger partial charge in [-0.25, -0.2) is 4.98 Å². The van der Waals surface area contributed by atoms with Gasteiger partial charge < -0.3 is 15.0 Å². The summed E-state index contributed by atoms with van der Waals surface area (Å²) in [5.74, 6) is 0. The van der Waals surface area contributed by atoms with Crippen LogP contribution in [-0.4, -0.2) is 20.7 Å². The third-order valence-electron chi connectivity index (χ3n) is 2.95. The molecule has 0 saturated carbocycles. The van der Waals surface area contributed by atoms with Crippen LogP contribution in [0.15, 0.2) is 36.8 Å². The second-order valence-electron chi connectivity index (χ2n) is 5.05. The number of aromatic nitrogens is 2. The molecule has 0 radical (unpaired) electrons. The van der Waals surface area contributed by atoms with Gasteiger partial charge in [0.05, 0.1) is 18.6 Å². The highest BCUT2D eigenvalue weighted by Gasteiger charge is 2.01. The minimum atomic E-state index is 0.0936. The first-order chi connectivity index (χ1) is 9.17. The smallest absolute Gasteiger partial charge is 0.0953 e. The number of nitrogens with zero attached hydrogens (tertiary/aromatic N) is 2. The first kappa shape index (κ1) is 13.8. The van der Waals surface area contributed by atoms with Crippen LogP contribution in [-0.2, 0) is 19.7 Å². The Bertz CT molecular complexity index is 502. The maximum absolute atomic E-state index is 9.00. The van der Waals surface area contributed by atoms with Crippen molar-refractivity contribution in [3.8, 4) is 0 Å². The second-order valence-corrected chi connectivity index (χ2v) is 5.05. The fourth-order valence-corrected chi connectivity index (χ4v) is 1.85. The lowest BCUT2D eigenvalue weighted by atomic mass is 10.1. The van der Waals surface area contributed by atoms with E-state index >= 15 is 0 Å². The van der Waals surface area contributed by atoms with Gasteiger partial charge in [0.1, 0.15) is 0 Å². The van der Waals surface area contributed by atoms with Crippen LogP contribution in [0.5, 0.6) is 0 Å². The van der Waals surface area contributed by atoms with Gasteiger partial charge in [-0.05, 0) is 11.1 Å². The minimum absolute atomic E-state index is 0.0936. The van der Waals surface area contributed by atoms with Gasteiger partial charge in [0, 0.05) is 25.3 Å². The predicted molar refractivity (Wildman–Crippen MR) is 75.7 cm³/mol. The zero-order valence-electron chi connectivity index (χ0n) is 11.5. The standard InChI is InChI=1S/C15H21N3O/c1-12(2)16-7-15-9-18(11-17-15)8-13-3-5-14(10-19)6-4-13/h3-6,9,11-12,16,19H,7-8,10H2,1-2H3. The van der Waals surface area contributed by atoms with E-state index in [4.69, 9.17) is 5.11 Å². The van der Waals surface area contributed by atoms with E-state index in [1.807, 2.05) is 30.6 Å². The van der Waals surface area contributed by atoms with E-state index in [1.54, 1.807) is 0 Å². The molecule has 0 aliphatic rings. The van der Waals surface area contributed by atoms with E-state index in [9.17, 15) is 0 Å². The van der Waals surface area contributed by atoms with Crippen LogP contribution in [0.25, 0.3) is 0 Å².